The smallest absolute Gasteiger partial charge is 0.0707 e. The Hall–Kier alpha value is -2.74. The van der Waals surface area contributed by atoms with Crippen LogP contribution in [0.2, 0.25) is 0 Å². The average Bonchev–Trinajstić information content (AvgIpc) is 2.54. The van der Waals surface area contributed by atoms with Gasteiger partial charge in [0.25, 0.3) is 0 Å². The highest BCUT2D eigenvalue weighted by molar-refractivity contribution is 5.80. The molecule has 0 amide bonds. The van der Waals surface area contributed by atoms with Crippen molar-refractivity contribution in [1.29, 1.82) is 0 Å². The molecular formula is C22H22N2. The third-order valence-corrected chi connectivity index (χ3v) is 3.96. The predicted molar refractivity (Wildman–Crippen MR) is 102 cm³/mol. The summed E-state index contributed by atoms with van der Waals surface area (Å²) in [6.45, 7) is 8.27. The minimum absolute atomic E-state index is 1.08. The van der Waals surface area contributed by atoms with Crippen LogP contribution in [0.15, 0.2) is 60.8 Å². The molecule has 0 bridgehead atoms. The van der Waals surface area contributed by atoms with Crippen molar-refractivity contribution in [1.82, 2.24) is 9.97 Å². The molecule has 2 aromatic carbocycles. The Morgan fingerprint density at radius 2 is 1.25 bits per heavy atom. The molecule has 2 aromatic heterocycles. The van der Waals surface area contributed by atoms with E-state index < -0.39 is 0 Å². The lowest BCUT2D eigenvalue weighted by Crippen LogP contribution is -1.83. The van der Waals surface area contributed by atoms with E-state index in [1.807, 2.05) is 19.2 Å². The summed E-state index contributed by atoms with van der Waals surface area (Å²) in [5, 5.41) is 2.45. The Balaban J connectivity index is 0.000000141. The summed E-state index contributed by atoms with van der Waals surface area (Å²) in [4.78, 5) is 8.76. The van der Waals surface area contributed by atoms with Crippen molar-refractivity contribution in [3.8, 4) is 0 Å². The second kappa shape index (κ2) is 6.79. The molecule has 0 saturated heterocycles. The van der Waals surface area contributed by atoms with Gasteiger partial charge in [-0.05, 0) is 69.2 Å². The third-order valence-electron chi connectivity index (χ3n) is 3.96. The van der Waals surface area contributed by atoms with Crippen molar-refractivity contribution in [2.45, 2.75) is 27.7 Å². The lowest BCUT2D eigenvalue weighted by atomic mass is 10.1. The van der Waals surface area contributed by atoms with Gasteiger partial charge in [-0.2, -0.15) is 0 Å². The molecule has 24 heavy (non-hydrogen) atoms. The van der Waals surface area contributed by atoms with E-state index in [9.17, 15) is 0 Å². The normalized spacial score (nSPS) is 10.5. The molecule has 4 rings (SSSR count). The molecule has 2 heterocycles. The standard InChI is InChI=1S/2C11H11N/c1-8-3-5-10-6-4-9(2)12-11(10)7-8;1-8-3-4-11-10(5-8)6-9(2)7-12-11/h2*3-7H,1-2H3. The molecule has 0 spiro atoms. The second-order valence-electron chi connectivity index (χ2n) is 6.36. The van der Waals surface area contributed by atoms with Gasteiger partial charge < -0.3 is 0 Å². The number of hydrogen-bond acceptors (Lipinski definition) is 2. The maximum atomic E-state index is 4.44. The average molecular weight is 314 g/mol. The van der Waals surface area contributed by atoms with E-state index in [0.717, 1.165) is 16.7 Å². The Bertz CT molecular complexity index is 846. The Morgan fingerprint density at radius 3 is 2.08 bits per heavy atom. The van der Waals surface area contributed by atoms with Gasteiger partial charge >= 0.3 is 0 Å². The Morgan fingerprint density at radius 1 is 0.583 bits per heavy atom. The van der Waals surface area contributed by atoms with E-state index in [2.05, 4.69) is 79.3 Å². The first-order chi connectivity index (χ1) is 11.5. The van der Waals surface area contributed by atoms with E-state index in [1.165, 1.54) is 27.5 Å². The summed E-state index contributed by atoms with van der Waals surface area (Å²) >= 11 is 0. The van der Waals surface area contributed by atoms with Gasteiger partial charge in [0, 0.05) is 22.7 Å². The number of hydrogen-bond donors (Lipinski definition) is 0. The first-order valence-electron chi connectivity index (χ1n) is 8.18. The van der Waals surface area contributed by atoms with Gasteiger partial charge in [0.1, 0.15) is 0 Å². The third kappa shape index (κ3) is 3.77. The molecule has 0 atom stereocenters. The van der Waals surface area contributed by atoms with Gasteiger partial charge in [-0.3, -0.25) is 9.97 Å². The van der Waals surface area contributed by atoms with Crippen LogP contribution in [-0.2, 0) is 0 Å². The fourth-order valence-electron chi connectivity index (χ4n) is 2.69. The molecule has 0 fully saturated rings. The maximum absolute atomic E-state index is 4.44. The van der Waals surface area contributed by atoms with Crippen LogP contribution in [0, 0.1) is 27.7 Å². The highest BCUT2D eigenvalue weighted by atomic mass is 14.7. The zero-order valence-electron chi connectivity index (χ0n) is 14.7. The summed E-state index contributed by atoms with van der Waals surface area (Å²) in [7, 11) is 0. The van der Waals surface area contributed by atoms with Gasteiger partial charge in [-0.1, -0.05) is 29.8 Å². The molecule has 0 saturated carbocycles. The molecule has 120 valence electrons. The fourth-order valence-corrected chi connectivity index (χ4v) is 2.69. The van der Waals surface area contributed by atoms with Gasteiger partial charge in [0.2, 0.25) is 0 Å². The van der Waals surface area contributed by atoms with Crippen LogP contribution in [-0.4, -0.2) is 9.97 Å². The van der Waals surface area contributed by atoms with Crippen molar-refractivity contribution in [2.24, 2.45) is 0 Å². The fraction of sp³-hybridized carbons (Fsp3) is 0.182. The van der Waals surface area contributed by atoms with Crippen LogP contribution in [0.1, 0.15) is 22.4 Å². The number of aryl methyl sites for hydroxylation is 4. The van der Waals surface area contributed by atoms with Crippen LogP contribution in [0.3, 0.4) is 0 Å². The summed E-state index contributed by atoms with van der Waals surface area (Å²) in [6, 6.07) is 19.0. The number of rotatable bonds is 0. The molecular weight excluding hydrogens is 292 g/mol. The maximum Gasteiger partial charge on any atom is 0.0707 e. The van der Waals surface area contributed by atoms with Gasteiger partial charge in [-0.15, -0.1) is 0 Å². The molecule has 0 aliphatic rings. The first kappa shape index (κ1) is 16.1. The molecule has 0 aliphatic heterocycles. The predicted octanol–water partition coefficient (Wildman–Crippen LogP) is 5.70. The quantitative estimate of drug-likeness (QED) is 0.416. The second-order valence-corrected chi connectivity index (χ2v) is 6.36. The van der Waals surface area contributed by atoms with Crippen molar-refractivity contribution in [3.05, 3.63) is 83.2 Å². The summed E-state index contributed by atoms with van der Waals surface area (Å²) in [6.07, 6.45) is 1.90. The largest absolute Gasteiger partial charge is 0.256 e. The number of fused-ring (bicyclic) bond motifs is 2. The number of pyridine rings is 2. The summed E-state index contributed by atoms with van der Waals surface area (Å²) in [5.41, 5.74) is 7.01. The highest BCUT2D eigenvalue weighted by Gasteiger charge is 1.95. The van der Waals surface area contributed by atoms with Crippen LogP contribution in [0.25, 0.3) is 21.8 Å². The number of nitrogens with zero attached hydrogens (tertiary/aromatic N) is 2. The van der Waals surface area contributed by atoms with Crippen LogP contribution in [0.5, 0.6) is 0 Å². The first-order valence-corrected chi connectivity index (χ1v) is 8.18. The van der Waals surface area contributed by atoms with Crippen LogP contribution in [0.4, 0.5) is 0 Å². The molecule has 0 aliphatic carbocycles. The van der Waals surface area contributed by atoms with Crippen molar-refractivity contribution in [3.63, 3.8) is 0 Å². The van der Waals surface area contributed by atoms with E-state index in [-0.39, 0.29) is 0 Å². The summed E-state index contributed by atoms with van der Waals surface area (Å²) in [5.74, 6) is 0. The lowest BCUT2D eigenvalue weighted by Gasteiger charge is -1.99. The zero-order valence-corrected chi connectivity index (χ0v) is 14.7. The van der Waals surface area contributed by atoms with Crippen molar-refractivity contribution in [2.75, 3.05) is 0 Å². The minimum atomic E-state index is 1.08. The Kier molecular flexibility index (Phi) is 4.57. The molecule has 2 heteroatoms. The van der Waals surface area contributed by atoms with Crippen LogP contribution >= 0.6 is 0 Å². The minimum Gasteiger partial charge on any atom is -0.256 e. The van der Waals surface area contributed by atoms with E-state index >= 15 is 0 Å². The van der Waals surface area contributed by atoms with Crippen molar-refractivity contribution >= 4 is 21.8 Å². The SMILES string of the molecule is Cc1ccc2ccc(C)nc2c1.Cc1ccc2ncc(C)cc2c1. The van der Waals surface area contributed by atoms with Crippen molar-refractivity contribution < 1.29 is 0 Å². The van der Waals surface area contributed by atoms with E-state index in [4.69, 9.17) is 0 Å². The molecule has 0 N–H and O–H groups in total. The Labute approximate surface area is 143 Å². The zero-order chi connectivity index (χ0) is 17.1. The van der Waals surface area contributed by atoms with Crippen LogP contribution < -0.4 is 0 Å². The van der Waals surface area contributed by atoms with Gasteiger partial charge in [-0.25, -0.2) is 0 Å². The summed E-state index contributed by atoms with van der Waals surface area (Å²) < 4.78 is 0. The van der Waals surface area contributed by atoms with Gasteiger partial charge in [0.15, 0.2) is 0 Å². The highest BCUT2D eigenvalue weighted by Crippen LogP contribution is 2.14. The monoisotopic (exact) mass is 314 g/mol. The van der Waals surface area contributed by atoms with E-state index in [0.29, 0.717) is 0 Å². The van der Waals surface area contributed by atoms with E-state index in [1.54, 1.807) is 0 Å². The molecule has 0 radical (unpaired) electrons. The molecule has 2 nitrogen and oxygen atoms in total. The molecule has 4 aromatic rings. The lowest BCUT2D eigenvalue weighted by molar-refractivity contribution is 1.25. The molecule has 0 unspecified atom stereocenters. The van der Waals surface area contributed by atoms with Gasteiger partial charge in [0.05, 0.1) is 11.0 Å². The topological polar surface area (TPSA) is 25.8 Å². The number of benzene rings is 2. The number of aromatic nitrogens is 2.